The Hall–Kier alpha value is -0.870. The van der Waals surface area contributed by atoms with Gasteiger partial charge in [0.1, 0.15) is 16.8 Å². The molecule has 0 spiro atoms. The van der Waals surface area contributed by atoms with Crippen LogP contribution in [0, 0.1) is 0 Å². The third-order valence-corrected chi connectivity index (χ3v) is 2.68. The smallest absolute Gasteiger partial charge is 0.135 e. The number of hydrogen-bond donors (Lipinski definition) is 0. The number of ether oxygens (including phenoxy) is 1. The highest BCUT2D eigenvalue weighted by molar-refractivity contribution is 6.29. The molecule has 17 heavy (non-hydrogen) atoms. The number of hydrogen-bond acceptors (Lipinski definition) is 4. The van der Waals surface area contributed by atoms with Gasteiger partial charge in [-0.3, -0.25) is 0 Å². The Morgan fingerprint density at radius 2 is 2.12 bits per heavy atom. The first kappa shape index (κ1) is 14.2. The van der Waals surface area contributed by atoms with Crippen molar-refractivity contribution < 1.29 is 4.74 Å². The summed E-state index contributed by atoms with van der Waals surface area (Å²) in [4.78, 5) is 10.9. The number of anilines is 1. The number of rotatable bonds is 6. The van der Waals surface area contributed by atoms with Crippen molar-refractivity contribution in [2.45, 2.75) is 26.7 Å². The topological polar surface area (TPSA) is 38.2 Å². The van der Waals surface area contributed by atoms with Crippen LogP contribution in [0.25, 0.3) is 0 Å². The largest absolute Gasteiger partial charge is 0.383 e. The minimum absolute atomic E-state index is 0.272. The fourth-order valence-electron chi connectivity index (χ4n) is 1.48. The first-order chi connectivity index (χ1) is 8.08. The summed E-state index contributed by atoms with van der Waals surface area (Å²) in [5, 5.41) is 0.495. The molecule has 1 aromatic heterocycles. The summed E-state index contributed by atoms with van der Waals surface area (Å²) in [5.41, 5.74) is 0. The summed E-state index contributed by atoms with van der Waals surface area (Å²) in [6.07, 6.45) is 0. The second-order valence-electron chi connectivity index (χ2n) is 4.13. The fourth-order valence-corrected chi connectivity index (χ4v) is 1.66. The molecule has 0 saturated carbocycles. The standard InChI is InChI=1S/C12H20ClN3O/c1-5-16(6-7-17-4)11-8-10(13)14-12(15-11)9(2)3/h8-9H,5-7H2,1-4H3. The second kappa shape index (κ2) is 6.77. The van der Waals surface area contributed by atoms with Crippen LogP contribution in [0.2, 0.25) is 5.15 Å². The first-order valence-electron chi connectivity index (χ1n) is 5.86. The van der Waals surface area contributed by atoms with Crippen LogP contribution in [0.4, 0.5) is 5.82 Å². The number of likely N-dealkylation sites (N-methyl/N-ethyl adjacent to an activating group) is 1. The summed E-state index contributed by atoms with van der Waals surface area (Å²) in [6, 6.07) is 1.80. The van der Waals surface area contributed by atoms with E-state index in [-0.39, 0.29) is 5.92 Å². The molecule has 5 heteroatoms. The van der Waals surface area contributed by atoms with Crippen LogP contribution in [0.3, 0.4) is 0 Å². The Kier molecular flexibility index (Phi) is 5.65. The van der Waals surface area contributed by atoms with Gasteiger partial charge in [0.05, 0.1) is 6.61 Å². The normalized spacial score (nSPS) is 10.9. The van der Waals surface area contributed by atoms with Crippen LogP contribution in [-0.2, 0) is 4.74 Å². The number of nitrogens with zero attached hydrogens (tertiary/aromatic N) is 3. The van der Waals surface area contributed by atoms with Gasteiger partial charge in [0.25, 0.3) is 0 Å². The number of methoxy groups -OCH3 is 1. The van der Waals surface area contributed by atoms with E-state index in [1.165, 1.54) is 0 Å². The van der Waals surface area contributed by atoms with Crippen LogP contribution in [-0.4, -0.2) is 36.8 Å². The summed E-state index contributed by atoms with van der Waals surface area (Å²) >= 11 is 6.02. The minimum Gasteiger partial charge on any atom is -0.383 e. The molecule has 0 N–H and O–H groups in total. The molecule has 1 aromatic rings. The van der Waals surface area contributed by atoms with Crippen molar-refractivity contribution in [2.24, 2.45) is 0 Å². The van der Waals surface area contributed by atoms with E-state index in [0.29, 0.717) is 11.8 Å². The number of halogens is 1. The van der Waals surface area contributed by atoms with E-state index >= 15 is 0 Å². The highest BCUT2D eigenvalue weighted by Gasteiger charge is 2.11. The predicted octanol–water partition coefficient (Wildman–Crippen LogP) is 2.73. The molecular formula is C12H20ClN3O. The maximum atomic E-state index is 6.02. The van der Waals surface area contributed by atoms with Crippen LogP contribution in [0.1, 0.15) is 32.5 Å². The van der Waals surface area contributed by atoms with Gasteiger partial charge in [-0.1, -0.05) is 25.4 Å². The van der Waals surface area contributed by atoms with E-state index in [4.69, 9.17) is 16.3 Å². The SMILES string of the molecule is CCN(CCOC)c1cc(Cl)nc(C(C)C)n1. The highest BCUT2D eigenvalue weighted by atomic mass is 35.5. The molecule has 1 rings (SSSR count). The molecular weight excluding hydrogens is 238 g/mol. The van der Waals surface area contributed by atoms with E-state index in [0.717, 1.165) is 24.7 Å². The molecule has 96 valence electrons. The van der Waals surface area contributed by atoms with Gasteiger partial charge in [-0.2, -0.15) is 0 Å². The van der Waals surface area contributed by atoms with Crippen molar-refractivity contribution in [3.63, 3.8) is 0 Å². The summed E-state index contributed by atoms with van der Waals surface area (Å²) in [7, 11) is 1.69. The molecule has 0 aromatic carbocycles. The third kappa shape index (κ3) is 4.13. The summed E-state index contributed by atoms with van der Waals surface area (Å²) in [6.45, 7) is 8.54. The Morgan fingerprint density at radius 3 is 2.65 bits per heavy atom. The predicted molar refractivity (Wildman–Crippen MR) is 70.9 cm³/mol. The van der Waals surface area contributed by atoms with E-state index in [1.54, 1.807) is 13.2 Å². The van der Waals surface area contributed by atoms with Crippen LogP contribution < -0.4 is 4.90 Å². The van der Waals surface area contributed by atoms with Crippen molar-refractivity contribution in [3.8, 4) is 0 Å². The van der Waals surface area contributed by atoms with Crippen molar-refractivity contribution in [1.82, 2.24) is 9.97 Å². The zero-order valence-corrected chi connectivity index (χ0v) is 11.7. The van der Waals surface area contributed by atoms with Crippen LogP contribution in [0.5, 0.6) is 0 Å². The first-order valence-corrected chi connectivity index (χ1v) is 6.24. The maximum absolute atomic E-state index is 6.02. The molecule has 0 fully saturated rings. The molecule has 4 nitrogen and oxygen atoms in total. The molecule has 0 unspecified atom stereocenters. The van der Waals surface area contributed by atoms with Gasteiger partial charge < -0.3 is 9.64 Å². The van der Waals surface area contributed by atoms with Crippen molar-refractivity contribution in [3.05, 3.63) is 17.0 Å². The van der Waals surface area contributed by atoms with Gasteiger partial charge in [-0.05, 0) is 6.92 Å². The van der Waals surface area contributed by atoms with Gasteiger partial charge in [0.2, 0.25) is 0 Å². The van der Waals surface area contributed by atoms with E-state index in [2.05, 4.69) is 35.6 Å². The fraction of sp³-hybridized carbons (Fsp3) is 0.667. The molecule has 0 aliphatic rings. The van der Waals surface area contributed by atoms with Crippen LogP contribution >= 0.6 is 11.6 Å². The van der Waals surface area contributed by atoms with Crippen LogP contribution in [0.15, 0.2) is 6.07 Å². The van der Waals surface area contributed by atoms with Gasteiger partial charge in [-0.25, -0.2) is 9.97 Å². The number of aromatic nitrogens is 2. The lowest BCUT2D eigenvalue weighted by Gasteiger charge is -2.22. The maximum Gasteiger partial charge on any atom is 0.135 e. The minimum atomic E-state index is 0.272. The van der Waals surface area contributed by atoms with Gasteiger partial charge in [0, 0.05) is 32.2 Å². The Balaban J connectivity index is 2.94. The van der Waals surface area contributed by atoms with E-state index in [1.807, 2.05) is 0 Å². The van der Waals surface area contributed by atoms with E-state index in [9.17, 15) is 0 Å². The van der Waals surface area contributed by atoms with Gasteiger partial charge in [-0.15, -0.1) is 0 Å². The molecule has 0 bridgehead atoms. The molecule has 0 atom stereocenters. The average Bonchev–Trinajstić information content (AvgIpc) is 2.29. The third-order valence-electron chi connectivity index (χ3n) is 2.49. The summed E-state index contributed by atoms with van der Waals surface area (Å²) < 4.78 is 5.09. The zero-order valence-electron chi connectivity index (χ0n) is 10.9. The molecule has 1 heterocycles. The molecule has 0 saturated heterocycles. The Morgan fingerprint density at radius 1 is 1.41 bits per heavy atom. The van der Waals surface area contributed by atoms with E-state index < -0.39 is 0 Å². The lowest BCUT2D eigenvalue weighted by molar-refractivity contribution is 0.205. The van der Waals surface area contributed by atoms with Crippen molar-refractivity contribution in [2.75, 3.05) is 31.7 Å². The Bertz CT molecular complexity index is 358. The Labute approximate surface area is 108 Å². The second-order valence-corrected chi connectivity index (χ2v) is 4.52. The van der Waals surface area contributed by atoms with Gasteiger partial charge in [0.15, 0.2) is 0 Å². The lowest BCUT2D eigenvalue weighted by Crippen LogP contribution is -2.28. The summed E-state index contributed by atoms with van der Waals surface area (Å²) in [5.74, 6) is 1.92. The monoisotopic (exact) mass is 257 g/mol. The highest BCUT2D eigenvalue weighted by Crippen LogP contribution is 2.19. The molecule has 0 amide bonds. The molecule has 0 aliphatic carbocycles. The quantitative estimate of drug-likeness (QED) is 0.735. The van der Waals surface area contributed by atoms with Gasteiger partial charge >= 0.3 is 0 Å². The molecule has 0 aliphatic heterocycles. The average molecular weight is 258 g/mol. The zero-order chi connectivity index (χ0) is 12.8. The van der Waals surface area contributed by atoms with Crippen molar-refractivity contribution >= 4 is 17.4 Å². The van der Waals surface area contributed by atoms with Crippen molar-refractivity contribution in [1.29, 1.82) is 0 Å². The molecule has 0 radical (unpaired) electrons. The lowest BCUT2D eigenvalue weighted by atomic mass is 10.2.